The molecule has 2 aromatic carbocycles. The van der Waals surface area contributed by atoms with Crippen LogP contribution in [0.4, 0.5) is 14.5 Å². The summed E-state index contributed by atoms with van der Waals surface area (Å²) in [4.78, 5) is 14.7. The predicted octanol–water partition coefficient (Wildman–Crippen LogP) is 5.68. The normalized spacial score (nSPS) is 11.7. The minimum absolute atomic E-state index is 0.355. The molecule has 0 aliphatic carbocycles. The minimum atomic E-state index is -0.948. The molecular weight excluding hydrogens is 398 g/mol. The number of amides is 1. The van der Waals surface area contributed by atoms with Crippen LogP contribution in [0.15, 0.2) is 42.5 Å². The molecule has 31 heavy (non-hydrogen) atoms. The molecular formula is C25H32F2N2O2. The quantitative estimate of drug-likeness (QED) is 0.493. The Labute approximate surface area is 183 Å². The highest BCUT2D eigenvalue weighted by molar-refractivity contribution is 6.02. The predicted molar refractivity (Wildman–Crippen MR) is 122 cm³/mol. The molecule has 0 radical (unpaired) electrons. The number of hydrogen-bond acceptors (Lipinski definition) is 3. The van der Waals surface area contributed by atoms with E-state index in [9.17, 15) is 13.6 Å². The van der Waals surface area contributed by atoms with Gasteiger partial charge in [0.05, 0.1) is 7.11 Å². The number of ether oxygens (including phenoxy) is 1. The van der Waals surface area contributed by atoms with Crippen LogP contribution in [0.2, 0.25) is 0 Å². The van der Waals surface area contributed by atoms with Gasteiger partial charge in [0.2, 0.25) is 5.91 Å². The number of benzene rings is 2. The minimum Gasteiger partial charge on any atom is -0.496 e. The van der Waals surface area contributed by atoms with Gasteiger partial charge >= 0.3 is 0 Å². The third-order valence-corrected chi connectivity index (χ3v) is 5.11. The number of nitrogens with zero attached hydrogens (tertiary/aromatic N) is 1. The maximum atomic E-state index is 13.3. The average molecular weight is 431 g/mol. The topological polar surface area (TPSA) is 41.6 Å². The number of hydrogen-bond donors (Lipinski definition) is 1. The molecule has 0 saturated heterocycles. The van der Waals surface area contributed by atoms with Gasteiger partial charge < -0.3 is 10.1 Å². The zero-order chi connectivity index (χ0) is 23.0. The smallest absolute Gasteiger partial charge is 0.248 e. The Hall–Kier alpha value is -2.73. The lowest BCUT2D eigenvalue weighted by Gasteiger charge is -2.30. The summed E-state index contributed by atoms with van der Waals surface area (Å²) in [5.74, 6) is -1.43. The first-order valence-electron chi connectivity index (χ1n) is 10.6. The largest absolute Gasteiger partial charge is 0.496 e. The van der Waals surface area contributed by atoms with Crippen LogP contribution in [0.1, 0.15) is 45.2 Å². The molecule has 0 aliphatic rings. The molecule has 1 N–H and O–H groups in total. The van der Waals surface area contributed by atoms with E-state index >= 15 is 0 Å². The molecule has 0 heterocycles. The third-order valence-electron chi connectivity index (χ3n) is 5.11. The fourth-order valence-corrected chi connectivity index (χ4v) is 3.59. The summed E-state index contributed by atoms with van der Waals surface area (Å²) in [6, 6.07) is 9.97. The van der Waals surface area contributed by atoms with Crippen molar-refractivity contribution in [2.45, 2.75) is 52.6 Å². The molecule has 168 valence electrons. The van der Waals surface area contributed by atoms with Crippen LogP contribution in [0.5, 0.6) is 5.75 Å². The summed E-state index contributed by atoms with van der Waals surface area (Å²) in [7, 11) is 1.64. The zero-order valence-corrected chi connectivity index (χ0v) is 18.9. The van der Waals surface area contributed by atoms with Crippen molar-refractivity contribution in [1.82, 2.24) is 4.90 Å². The first-order chi connectivity index (χ1) is 14.7. The molecule has 1 amide bonds. The van der Waals surface area contributed by atoms with Crippen molar-refractivity contribution in [3.63, 3.8) is 0 Å². The number of carbonyl (C=O) groups excluding carboxylic acids is 1. The number of nitrogens with one attached hydrogen (secondary N) is 1. The Balaban J connectivity index is 2.02. The van der Waals surface area contributed by atoms with Crippen LogP contribution >= 0.6 is 0 Å². The number of halogens is 2. The number of anilines is 1. The summed E-state index contributed by atoms with van der Waals surface area (Å²) in [6.07, 6.45) is 4.53. The second kappa shape index (κ2) is 11.6. The van der Waals surface area contributed by atoms with Gasteiger partial charge in [-0.15, -0.1) is 0 Å². The van der Waals surface area contributed by atoms with E-state index in [1.165, 1.54) is 18.2 Å². The number of aryl methyl sites for hydroxylation is 1. The molecule has 6 heteroatoms. The molecule has 0 aromatic heterocycles. The van der Waals surface area contributed by atoms with Gasteiger partial charge in [0, 0.05) is 23.8 Å². The Bertz CT molecular complexity index is 902. The van der Waals surface area contributed by atoms with Crippen molar-refractivity contribution >= 4 is 17.7 Å². The van der Waals surface area contributed by atoms with Crippen LogP contribution in [-0.4, -0.2) is 36.5 Å². The van der Waals surface area contributed by atoms with E-state index in [1.54, 1.807) is 13.2 Å². The van der Waals surface area contributed by atoms with Crippen molar-refractivity contribution in [2.24, 2.45) is 0 Å². The van der Waals surface area contributed by atoms with Crippen molar-refractivity contribution in [3.05, 3.63) is 65.2 Å². The Morgan fingerprint density at radius 3 is 2.39 bits per heavy atom. The van der Waals surface area contributed by atoms with Crippen molar-refractivity contribution in [2.75, 3.05) is 19.0 Å². The lowest BCUT2D eigenvalue weighted by atomic mass is 10.1. The molecule has 0 atom stereocenters. The molecule has 0 spiro atoms. The summed E-state index contributed by atoms with van der Waals surface area (Å²) >= 11 is 0. The van der Waals surface area contributed by atoms with Crippen LogP contribution in [0.25, 0.3) is 6.08 Å². The maximum absolute atomic E-state index is 13.3. The SMILES string of the molecule is COc1ccc(NC(=O)/C=C/c2ccc(F)c(F)c2)cc1CCCN(C(C)C)C(C)C. The molecule has 0 saturated carbocycles. The first-order valence-corrected chi connectivity index (χ1v) is 10.6. The molecule has 0 aliphatic heterocycles. The van der Waals surface area contributed by atoms with Gasteiger partial charge in [0.25, 0.3) is 0 Å². The maximum Gasteiger partial charge on any atom is 0.248 e. The highest BCUT2D eigenvalue weighted by Gasteiger charge is 2.13. The van der Waals surface area contributed by atoms with E-state index in [1.807, 2.05) is 12.1 Å². The average Bonchev–Trinajstić information content (AvgIpc) is 2.71. The second-order valence-electron chi connectivity index (χ2n) is 8.05. The fraction of sp³-hybridized carbons (Fsp3) is 0.400. The van der Waals surface area contributed by atoms with E-state index in [0.717, 1.165) is 42.8 Å². The van der Waals surface area contributed by atoms with E-state index in [-0.39, 0.29) is 5.91 Å². The molecule has 4 nitrogen and oxygen atoms in total. The van der Waals surface area contributed by atoms with E-state index in [2.05, 4.69) is 37.9 Å². The highest BCUT2D eigenvalue weighted by atomic mass is 19.2. The molecule has 2 aromatic rings. The van der Waals surface area contributed by atoms with Gasteiger partial charge in [-0.2, -0.15) is 0 Å². The van der Waals surface area contributed by atoms with Crippen molar-refractivity contribution in [3.8, 4) is 5.75 Å². The standard InChI is InChI=1S/C25H32F2N2O2/c1-17(2)29(18(3)4)14-6-7-20-16-21(10-12-24(20)31-5)28-25(30)13-9-19-8-11-22(26)23(27)15-19/h8-13,15-18H,6-7,14H2,1-5H3,(H,28,30)/b13-9+. The summed E-state index contributed by atoms with van der Waals surface area (Å²) in [6.45, 7) is 9.77. The Kier molecular flexibility index (Phi) is 9.19. The number of methoxy groups -OCH3 is 1. The summed E-state index contributed by atoms with van der Waals surface area (Å²) in [5.41, 5.74) is 2.09. The fourth-order valence-electron chi connectivity index (χ4n) is 3.59. The first kappa shape index (κ1) is 24.5. The number of carbonyl (C=O) groups is 1. The van der Waals surface area contributed by atoms with Crippen LogP contribution in [0, 0.1) is 11.6 Å². The third kappa shape index (κ3) is 7.47. The van der Waals surface area contributed by atoms with Gasteiger partial charge in [-0.05, 0) is 94.6 Å². The van der Waals surface area contributed by atoms with Crippen molar-refractivity contribution < 1.29 is 18.3 Å². The van der Waals surface area contributed by atoms with Crippen molar-refractivity contribution in [1.29, 1.82) is 0 Å². The summed E-state index contributed by atoms with van der Waals surface area (Å²) < 4.78 is 31.8. The molecule has 0 bridgehead atoms. The Morgan fingerprint density at radius 2 is 1.77 bits per heavy atom. The van der Waals surface area contributed by atoms with Crippen LogP contribution in [-0.2, 0) is 11.2 Å². The van der Waals surface area contributed by atoms with Gasteiger partial charge in [-0.1, -0.05) is 6.07 Å². The van der Waals surface area contributed by atoms with E-state index < -0.39 is 11.6 Å². The lowest BCUT2D eigenvalue weighted by Crippen LogP contribution is -2.37. The van der Waals surface area contributed by atoms with Gasteiger partial charge in [-0.25, -0.2) is 8.78 Å². The van der Waals surface area contributed by atoms with Gasteiger partial charge in [-0.3, -0.25) is 9.69 Å². The zero-order valence-electron chi connectivity index (χ0n) is 18.9. The Morgan fingerprint density at radius 1 is 1.06 bits per heavy atom. The molecule has 0 fully saturated rings. The monoisotopic (exact) mass is 430 g/mol. The highest BCUT2D eigenvalue weighted by Crippen LogP contribution is 2.24. The number of rotatable bonds is 10. The molecule has 0 unspecified atom stereocenters. The second-order valence-corrected chi connectivity index (χ2v) is 8.05. The summed E-state index contributed by atoms with van der Waals surface area (Å²) in [5, 5.41) is 2.81. The van der Waals surface area contributed by atoms with E-state index in [0.29, 0.717) is 23.3 Å². The van der Waals surface area contributed by atoms with Crippen LogP contribution in [0.3, 0.4) is 0 Å². The van der Waals surface area contributed by atoms with Gasteiger partial charge in [0.1, 0.15) is 5.75 Å². The molecule has 2 rings (SSSR count). The van der Waals surface area contributed by atoms with Crippen LogP contribution < -0.4 is 10.1 Å². The van der Waals surface area contributed by atoms with E-state index in [4.69, 9.17) is 4.74 Å². The lowest BCUT2D eigenvalue weighted by molar-refractivity contribution is -0.111. The van der Waals surface area contributed by atoms with Gasteiger partial charge in [0.15, 0.2) is 11.6 Å².